The number of hydrogen-bond acceptors (Lipinski definition) is 3. The Morgan fingerprint density at radius 3 is 1.52 bits per heavy atom. The lowest BCUT2D eigenvalue weighted by molar-refractivity contribution is 0.598. The molecule has 0 aliphatic heterocycles. The molecule has 0 N–H and O–H groups in total. The van der Waals surface area contributed by atoms with E-state index in [-0.39, 0.29) is 4.90 Å². The molecule has 2 aromatic carbocycles. The highest BCUT2D eigenvalue weighted by molar-refractivity contribution is 8.03. The summed E-state index contributed by atoms with van der Waals surface area (Å²) in [5.74, 6) is 0. The molecule has 0 amide bonds. The molecule has 6 heteroatoms. The third-order valence-corrected chi connectivity index (χ3v) is 6.96. The second kappa shape index (κ2) is 5.61. The second-order valence-corrected chi connectivity index (χ2v) is 9.07. The maximum absolute atomic E-state index is 12.6. The monoisotopic (exact) mass is 323 g/mol. The summed E-state index contributed by atoms with van der Waals surface area (Å²) in [6.45, 7) is 3.77. The molecular formula is C15H17NO3S2. The molecule has 1 atom stereocenters. The summed E-state index contributed by atoms with van der Waals surface area (Å²) in [6, 6.07) is 13.2. The number of sulfonamides is 1. The maximum atomic E-state index is 12.6. The summed E-state index contributed by atoms with van der Waals surface area (Å²) >= 11 is 0. The summed E-state index contributed by atoms with van der Waals surface area (Å²) in [4.78, 5) is 0.457. The van der Waals surface area contributed by atoms with Crippen molar-refractivity contribution in [3.05, 3.63) is 59.7 Å². The third kappa shape index (κ3) is 3.71. The molecule has 21 heavy (non-hydrogen) atoms. The lowest BCUT2D eigenvalue weighted by atomic mass is 10.2. The van der Waals surface area contributed by atoms with Crippen LogP contribution in [0.1, 0.15) is 11.1 Å². The van der Waals surface area contributed by atoms with Crippen LogP contribution < -0.4 is 0 Å². The Bertz CT molecular complexity index is 858. The van der Waals surface area contributed by atoms with Gasteiger partial charge in [-0.15, -0.1) is 3.77 Å². The standard InChI is InChI=1S/C15H17NO3S2/c1-12-4-8-14(9-5-12)20(3,17)16-21(18,19)15-10-6-13(2)7-11-15/h4-11H,1-3H3. The number of benzene rings is 2. The molecule has 0 bridgehead atoms. The van der Waals surface area contributed by atoms with Gasteiger partial charge in [-0.2, -0.15) is 8.42 Å². The zero-order valence-corrected chi connectivity index (χ0v) is 13.7. The largest absolute Gasteiger partial charge is 0.290 e. The van der Waals surface area contributed by atoms with Gasteiger partial charge in [0.2, 0.25) is 0 Å². The van der Waals surface area contributed by atoms with Gasteiger partial charge in [0, 0.05) is 11.2 Å². The Labute approximate surface area is 126 Å². The van der Waals surface area contributed by atoms with Gasteiger partial charge >= 0.3 is 0 Å². The van der Waals surface area contributed by atoms with Crippen LogP contribution in [0.15, 0.2) is 62.1 Å². The number of nitrogens with zero attached hydrogens (tertiary/aromatic N) is 1. The van der Waals surface area contributed by atoms with Crippen molar-refractivity contribution in [3.8, 4) is 0 Å². The predicted molar refractivity (Wildman–Crippen MR) is 84.3 cm³/mol. The molecule has 0 aliphatic rings. The smallest absolute Gasteiger partial charge is 0.244 e. The minimum Gasteiger partial charge on any atom is -0.244 e. The fourth-order valence-electron chi connectivity index (χ4n) is 1.77. The molecule has 0 aromatic heterocycles. The number of hydrogen-bond donors (Lipinski definition) is 0. The molecule has 0 saturated heterocycles. The lowest BCUT2D eigenvalue weighted by Crippen LogP contribution is -2.04. The molecule has 1 unspecified atom stereocenters. The van der Waals surface area contributed by atoms with Gasteiger partial charge in [-0.3, -0.25) is 0 Å². The molecular weight excluding hydrogens is 306 g/mol. The third-order valence-electron chi connectivity index (χ3n) is 3.02. The van der Waals surface area contributed by atoms with Gasteiger partial charge in [-0.1, -0.05) is 35.4 Å². The Kier molecular flexibility index (Phi) is 4.20. The first-order chi connectivity index (χ1) is 9.71. The number of aryl methyl sites for hydroxylation is 2. The van der Waals surface area contributed by atoms with Crippen LogP contribution in [-0.4, -0.2) is 18.9 Å². The van der Waals surface area contributed by atoms with Gasteiger partial charge < -0.3 is 0 Å². The van der Waals surface area contributed by atoms with E-state index in [4.69, 9.17) is 0 Å². The van der Waals surface area contributed by atoms with Crippen LogP contribution in [0.5, 0.6) is 0 Å². The first kappa shape index (κ1) is 15.7. The zero-order valence-electron chi connectivity index (χ0n) is 12.1. The van der Waals surface area contributed by atoms with E-state index in [9.17, 15) is 12.6 Å². The van der Waals surface area contributed by atoms with E-state index in [0.717, 1.165) is 11.1 Å². The summed E-state index contributed by atoms with van der Waals surface area (Å²) in [7, 11) is -6.95. The minimum atomic E-state index is -3.94. The molecule has 2 aromatic rings. The first-order valence-corrected chi connectivity index (χ1v) is 9.69. The van der Waals surface area contributed by atoms with Gasteiger partial charge in [0.1, 0.15) is 0 Å². The van der Waals surface area contributed by atoms with Gasteiger partial charge in [0.15, 0.2) is 0 Å². The van der Waals surface area contributed by atoms with Gasteiger partial charge in [-0.05, 0) is 38.1 Å². The van der Waals surface area contributed by atoms with E-state index in [1.807, 2.05) is 13.8 Å². The quantitative estimate of drug-likeness (QED) is 0.871. The van der Waals surface area contributed by atoms with E-state index in [0.29, 0.717) is 4.90 Å². The van der Waals surface area contributed by atoms with Crippen LogP contribution in [0.3, 0.4) is 0 Å². The molecule has 2 rings (SSSR count). The van der Waals surface area contributed by atoms with Gasteiger partial charge in [0.05, 0.1) is 14.6 Å². The van der Waals surface area contributed by atoms with Crippen molar-refractivity contribution in [2.24, 2.45) is 3.77 Å². The van der Waals surface area contributed by atoms with Gasteiger partial charge in [-0.25, -0.2) is 4.21 Å². The summed E-state index contributed by atoms with van der Waals surface area (Å²) in [5, 5.41) is 0. The topological polar surface area (TPSA) is 63.6 Å². The Morgan fingerprint density at radius 2 is 1.10 bits per heavy atom. The predicted octanol–water partition coefficient (Wildman–Crippen LogP) is 3.15. The normalized spacial score (nSPS) is 14.4. The summed E-state index contributed by atoms with van der Waals surface area (Å²) in [6.07, 6.45) is 1.34. The zero-order chi connectivity index (χ0) is 15.7. The van der Waals surface area contributed by atoms with Crippen LogP contribution in [0.4, 0.5) is 0 Å². The summed E-state index contributed by atoms with van der Waals surface area (Å²) < 4.78 is 40.8. The Morgan fingerprint density at radius 1 is 0.714 bits per heavy atom. The van der Waals surface area contributed by atoms with E-state index in [1.165, 1.54) is 18.4 Å². The molecule has 0 saturated carbocycles. The van der Waals surface area contributed by atoms with Crippen LogP contribution in [-0.2, 0) is 19.8 Å². The van der Waals surface area contributed by atoms with E-state index in [1.54, 1.807) is 36.4 Å². The second-order valence-electron chi connectivity index (χ2n) is 4.98. The highest BCUT2D eigenvalue weighted by Crippen LogP contribution is 2.19. The average molecular weight is 323 g/mol. The minimum absolute atomic E-state index is 0.0507. The fraction of sp³-hybridized carbons (Fsp3) is 0.200. The Hall–Kier alpha value is -1.66. The van der Waals surface area contributed by atoms with Crippen molar-refractivity contribution in [2.75, 3.05) is 6.26 Å². The van der Waals surface area contributed by atoms with Crippen molar-refractivity contribution in [1.82, 2.24) is 0 Å². The maximum Gasteiger partial charge on any atom is 0.290 e. The molecule has 0 fully saturated rings. The van der Waals surface area contributed by atoms with Crippen molar-refractivity contribution in [2.45, 2.75) is 23.6 Å². The van der Waals surface area contributed by atoms with Crippen LogP contribution >= 0.6 is 0 Å². The molecule has 0 spiro atoms. The van der Waals surface area contributed by atoms with Crippen molar-refractivity contribution in [3.63, 3.8) is 0 Å². The molecule has 0 heterocycles. The van der Waals surface area contributed by atoms with Crippen molar-refractivity contribution < 1.29 is 12.6 Å². The van der Waals surface area contributed by atoms with Crippen molar-refractivity contribution in [1.29, 1.82) is 0 Å². The van der Waals surface area contributed by atoms with Gasteiger partial charge in [0.25, 0.3) is 10.0 Å². The Balaban J connectivity index is 2.52. The molecule has 0 aliphatic carbocycles. The van der Waals surface area contributed by atoms with Crippen molar-refractivity contribution >= 4 is 19.8 Å². The fourth-order valence-corrected chi connectivity index (χ4v) is 5.08. The molecule has 4 nitrogen and oxygen atoms in total. The number of rotatable bonds is 3. The highest BCUT2D eigenvalue weighted by Gasteiger charge is 2.17. The van der Waals surface area contributed by atoms with Crippen LogP contribution in [0.2, 0.25) is 0 Å². The van der Waals surface area contributed by atoms with E-state index in [2.05, 4.69) is 3.77 Å². The lowest BCUT2D eigenvalue weighted by Gasteiger charge is -2.06. The van der Waals surface area contributed by atoms with Crippen LogP contribution in [0.25, 0.3) is 0 Å². The average Bonchev–Trinajstić information content (AvgIpc) is 2.38. The highest BCUT2D eigenvalue weighted by atomic mass is 32.3. The molecule has 112 valence electrons. The van der Waals surface area contributed by atoms with E-state index >= 15 is 0 Å². The SMILES string of the molecule is Cc1ccc(S(=O)(=O)N=S(C)(=O)c2ccc(C)cc2)cc1. The summed E-state index contributed by atoms with van der Waals surface area (Å²) in [5.41, 5.74) is 1.96. The molecule has 0 radical (unpaired) electrons. The first-order valence-electron chi connectivity index (χ1n) is 6.32. The van der Waals surface area contributed by atoms with Crippen LogP contribution in [0, 0.1) is 13.8 Å². The van der Waals surface area contributed by atoms with E-state index < -0.39 is 19.8 Å².